The maximum absolute atomic E-state index is 11.2. The number of hydrogen-bond donors (Lipinski definition) is 1. The summed E-state index contributed by atoms with van der Waals surface area (Å²) in [5, 5.41) is 2.75. The van der Waals surface area contributed by atoms with E-state index in [-0.39, 0.29) is 0 Å². The van der Waals surface area contributed by atoms with Crippen molar-refractivity contribution in [3.8, 4) is 0 Å². The molecule has 1 N–H and O–H groups in total. The van der Waals surface area contributed by atoms with E-state index in [9.17, 15) is 4.79 Å². The van der Waals surface area contributed by atoms with Gasteiger partial charge in [0.25, 0.3) is 0 Å². The molecule has 0 amide bonds. The van der Waals surface area contributed by atoms with Crippen LogP contribution in [-0.4, -0.2) is 29.7 Å². The van der Waals surface area contributed by atoms with E-state index in [0.717, 1.165) is 0 Å². The Bertz CT molecular complexity index is 355. The molecule has 0 atom stereocenters. The first-order valence-electron chi connectivity index (χ1n) is 4.14. The van der Waals surface area contributed by atoms with E-state index < -0.39 is 5.97 Å². The highest BCUT2D eigenvalue weighted by Crippen LogP contribution is 2.02. The number of carbonyl (C=O) groups excluding carboxylic acids is 1. The molecule has 0 aliphatic heterocycles. The number of likely N-dealkylation sites (N-methyl/N-ethyl adjacent to an activating group) is 1. The van der Waals surface area contributed by atoms with Gasteiger partial charge in [-0.05, 0) is 0 Å². The zero-order valence-corrected chi connectivity index (χ0v) is 8.44. The molecule has 76 valence electrons. The van der Waals surface area contributed by atoms with Crippen molar-refractivity contribution < 1.29 is 9.53 Å². The first-order chi connectivity index (χ1) is 6.69. The molecule has 0 saturated carbocycles. The minimum atomic E-state index is -0.407. The number of nitrogens with one attached hydrogen (secondary N) is 1. The highest BCUT2D eigenvalue weighted by atomic mass is 16.5. The van der Waals surface area contributed by atoms with Crippen molar-refractivity contribution in [3.63, 3.8) is 0 Å². The van der Waals surface area contributed by atoms with Gasteiger partial charge in [0.05, 0.1) is 7.11 Å². The average molecular weight is 195 g/mol. The molecule has 0 bridgehead atoms. The minimum absolute atomic E-state index is 0.377. The number of rotatable bonds is 3. The van der Waals surface area contributed by atoms with Gasteiger partial charge in [-0.1, -0.05) is 0 Å². The van der Waals surface area contributed by atoms with Crippen LogP contribution in [0.2, 0.25) is 0 Å². The first-order valence-corrected chi connectivity index (χ1v) is 4.14. The number of aryl methyl sites for hydroxylation is 1. The summed E-state index contributed by atoms with van der Waals surface area (Å²) in [7, 11) is 4.85. The Morgan fingerprint density at radius 3 is 2.86 bits per heavy atom. The van der Waals surface area contributed by atoms with Crippen molar-refractivity contribution in [1.29, 1.82) is 0 Å². The molecule has 0 radical (unpaired) electrons. The maximum Gasteiger partial charge on any atom is 0.354 e. The molecular formula is C9H13N3O2. The van der Waals surface area contributed by atoms with Crippen molar-refractivity contribution in [2.45, 2.75) is 0 Å². The van der Waals surface area contributed by atoms with Crippen LogP contribution in [0.15, 0.2) is 18.1 Å². The molecule has 0 saturated heterocycles. The van der Waals surface area contributed by atoms with Crippen LogP contribution in [0.3, 0.4) is 0 Å². The standard InChI is InChI=1S/C9H13N3O2/c1-10-7(9(13)14-3)6-8-11-4-5-12(8)2/h4-6,10H,1-3H3/b7-6+. The summed E-state index contributed by atoms with van der Waals surface area (Å²) in [4.78, 5) is 15.2. The van der Waals surface area contributed by atoms with Crippen LogP contribution in [0.25, 0.3) is 6.08 Å². The summed E-state index contributed by atoms with van der Waals surface area (Å²) in [6.07, 6.45) is 5.10. The Balaban J connectivity index is 2.95. The van der Waals surface area contributed by atoms with Crippen molar-refractivity contribution in [2.75, 3.05) is 14.2 Å². The Labute approximate surface area is 82.4 Å². The van der Waals surface area contributed by atoms with E-state index in [2.05, 4.69) is 15.0 Å². The third kappa shape index (κ3) is 2.12. The topological polar surface area (TPSA) is 56.2 Å². The van der Waals surface area contributed by atoms with Crippen LogP contribution in [-0.2, 0) is 16.6 Å². The largest absolute Gasteiger partial charge is 0.464 e. The molecule has 1 rings (SSSR count). The van der Waals surface area contributed by atoms with E-state index >= 15 is 0 Å². The molecule has 0 aromatic carbocycles. The number of methoxy groups -OCH3 is 1. The second-order valence-corrected chi connectivity index (χ2v) is 2.70. The maximum atomic E-state index is 11.2. The van der Waals surface area contributed by atoms with Gasteiger partial charge in [0, 0.05) is 32.6 Å². The molecular weight excluding hydrogens is 182 g/mol. The number of hydrogen-bond acceptors (Lipinski definition) is 4. The number of esters is 1. The van der Waals surface area contributed by atoms with Crippen LogP contribution < -0.4 is 5.32 Å². The van der Waals surface area contributed by atoms with Crippen LogP contribution >= 0.6 is 0 Å². The summed E-state index contributed by atoms with van der Waals surface area (Å²) >= 11 is 0. The molecule has 14 heavy (non-hydrogen) atoms. The van der Waals surface area contributed by atoms with Crippen LogP contribution in [0, 0.1) is 0 Å². The molecule has 1 heterocycles. The quantitative estimate of drug-likeness (QED) is 0.551. The van der Waals surface area contributed by atoms with Crippen molar-refractivity contribution in [3.05, 3.63) is 23.9 Å². The van der Waals surface area contributed by atoms with Gasteiger partial charge in [-0.15, -0.1) is 0 Å². The third-order valence-corrected chi connectivity index (χ3v) is 1.81. The number of nitrogens with zero attached hydrogens (tertiary/aromatic N) is 2. The molecule has 5 nitrogen and oxygen atoms in total. The minimum Gasteiger partial charge on any atom is -0.464 e. The predicted octanol–water partition coefficient (Wildman–Crippen LogP) is 0.153. The van der Waals surface area contributed by atoms with Gasteiger partial charge in [-0.3, -0.25) is 0 Å². The molecule has 5 heteroatoms. The van der Waals surface area contributed by atoms with Crippen LogP contribution in [0.4, 0.5) is 0 Å². The number of imidazole rings is 1. The van der Waals surface area contributed by atoms with E-state index in [1.54, 1.807) is 30.1 Å². The highest BCUT2D eigenvalue weighted by molar-refractivity contribution is 5.92. The van der Waals surface area contributed by atoms with Gasteiger partial charge >= 0.3 is 5.97 Å². The molecule has 0 spiro atoms. The Kier molecular flexibility index (Phi) is 3.28. The van der Waals surface area contributed by atoms with Crippen molar-refractivity contribution in [2.24, 2.45) is 7.05 Å². The smallest absolute Gasteiger partial charge is 0.354 e. The van der Waals surface area contributed by atoms with Gasteiger partial charge in [-0.25, -0.2) is 9.78 Å². The Morgan fingerprint density at radius 1 is 1.71 bits per heavy atom. The molecule has 0 unspecified atom stereocenters. The fourth-order valence-electron chi connectivity index (χ4n) is 0.988. The number of aromatic nitrogens is 2. The average Bonchev–Trinajstić information content (AvgIpc) is 2.59. The Morgan fingerprint density at radius 2 is 2.43 bits per heavy atom. The summed E-state index contributed by atoms with van der Waals surface area (Å²) in [6.45, 7) is 0. The molecule has 0 fully saturated rings. The van der Waals surface area contributed by atoms with Gasteiger partial charge in [0.15, 0.2) is 0 Å². The lowest BCUT2D eigenvalue weighted by Gasteiger charge is -2.03. The highest BCUT2D eigenvalue weighted by Gasteiger charge is 2.08. The fraction of sp³-hybridized carbons (Fsp3) is 0.333. The second-order valence-electron chi connectivity index (χ2n) is 2.70. The van der Waals surface area contributed by atoms with Crippen LogP contribution in [0.5, 0.6) is 0 Å². The van der Waals surface area contributed by atoms with Gasteiger partial charge in [0.2, 0.25) is 0 Å². The van der Waals surface area contributed by atoms with Crippen molar-refractivity contribution >= 4 is 12.0 Å². The van der Waals surface area contributed by atoms with Gasteiger partial charge < -0.3 is 14.6 Å². The third-order valence-electron chi connectivity index (χ3n) is 1.81. The molecule has 0 aliphatic rings. The van der Waals surface area contributed by atoms with Crippen LogP contribution in [0.1, 0.15) is 5.82 Å². The van der Waals surface area contributed by atoms with E-state index in [1.807, 2.05) is 7.05 Å². The van der Waals surface area contributed by atoms with E-state index in [0.29, 0.717) is 11.5 Å². The lowest BCUT2D eigenvalue weighted by molar-refractivity contribution is -0.136. The van der Waals surface area contributed by atoms with E-state index in [1.165, 1.54) is 7.11 Å². The lowest BCUT2D eigenvalue weighted by Crippen LogP contribution is -2.17. The molecule has 1 aromatic rings. The Hall–Kier alpha value is -1.78. The fourth-order valence-corrected chi connectivity index (χ4v) is 0.988. The summed E-state index contributed by atoms with van der Waals surface area (Å²) < 4.78 is 6.39. The summed E-state index contributed by atoms with van der Waals surface area (Å²) in [6, 6.07) is 0. The summed E-state index contributed by atoms with van der Waals surface area (Å²) in [5.74, 6) is 0.287. The number of ether oxygens (including phenoxy) is 1. The first kappa shape index (κ1) is 10.3. The zero-order chi connectivity index (χ0) is 10.6. The second kappa shape index (κ2) is 4.45. The molecule has 1 aromatic heterocycles. The lowest BCUT2D eigenvalue weighted by atomic mass is 10.4. The van der Waals surface area contributed by atoms with Crippen molar-refractivity contribution in [1.82, 2.24) is 14.9 Å². The predicted molar refractivity (Wildman–Crippen MR) is 52.3 cm³/mol. The molecule has 0 aliphatic carbocycles. The van der Waals surface area contributed by atoms with Gasteiger partial charge in [0.1, 0.15) is 11.5 Å². The zero-order valence-electron chi connectivity index (χ0n) is 8.44. The normalized spacial score (nSPS) is 11.2. The summed E-state index contributed by atoms with van der Waals surface area (Å²) in [5.41, 5.74) is 0.377. The monoisotopic (exact) mass is 195 g/mol. The van der Waals surface area contributed by atoms with Gasteiger partial charge in [-0.2, -0.15) is 0 Å². The number of carbonyl (C=O) groups is 1. The SMILES string of the molecule is CN/C(=C/c1nccn1C)C(=O)OC. The van der Waals surface area contributed by atoms with E-state index in [4.69, 9.17) is 0 Å².